The Morgan fingerprint density at radius 1 is 1.37 bits per heavy atom. The van der Waals surface area contributed by atoms with Gasteiger partial charge in [-0.25, -0.2) is 0 Å². The zero-order valence-corrected chi connectivity index (χ0v) is 10.9. The Hall–Kier alpha value is -1.39. The number of amides is 1. The molecule has 0 aromatic heterocycles. The highest BCUT2D eigenvalue weighted by molar-refractivity contribution is 5.96. The van der Waals surface area contributed by atoms with Crippen LogP contribution in [0.25, 0.3) is 0 Å². The van der Waals surface area contributed by atoms with Gasteiger partial charge >= 0.3 is 0 Å². The van der Waals surface area contributed by atoms with Crippen LogP contribution in [0.3, 0.4) is 0 Å². The van der Waals surface area contributed by atoms with E-state index in [1.54, 1.807) is 0 Å². The Morgan fingerprint density at radius 3 is 3.05 bits per heavy atom. The van der Waals surface area contributed by atoms with Gasteiger partial charge in [-0.2, -0.15) is 0 Å². The smallest absolute Gasteiger partial charge is 0.251 e. The monoisotopic (exact) mass is 261 g/mol. The molecule has 1 saturated heterocycles. The summed E-state index contributed by atoms with van der Waals surface area (Å²) in [4.78, 5) is 11.8. The third-order valence-electron chi connectivity index (χ3n) is 3.97. The first-order valence-corrected chi connectivity index (χ1v) is 6.96. The fourth-order valence-electron chi connectivity index (χ4n) is 2.84. The van der Waals surface area contributed by atoms with E-state index in [-0.39, 0.29) is 12.0 Å². The number of nitrogens with one attached hydrogen (secondary N) is 1. The number of rotatable bonds is 2. The summed E-state index contributed by atoms with van der Waals surface area (Å²) in [5.41, 5.74) is 2.53. The molecule has 4 nitrogen and oxygen atoms in total. The van der Waals surface area contributed by atoms with Crippen LogP contribution < -0.4 is 5.32 Å². The molecule has 0 radical (unpaired) electrons. The van der Waals surface area contributed by atoms with Gasteiger partial charge in [0.1, 0.15) is 6.10 Å². The lowest BCUT2D eigenvalue weighted by Crippen LogP contribution is -2.32. The maximum Gasteiger partial charge on any atom is 0.251 e. The molecule has 4 heteroatoms. The summed E-state index contributed by atoms with van der Waals surface area (Å²) in [7, 11) is 0. The average Bonchev–Trinajstić information content (AvgIpc) is 2.47. The van der Waals surface area contributed by atoms with Gasteiger partial charge in [0.25, 0.3) is 5.91 Å². The first-order valence-electron chi connectivity index (χ1n) is 6.96. The van der Waals surface area contributed by atoms with E-state index in [1.807, 2.05) is 18.2 Å². The Labute approximate surface area is 112 Å². The van der Waals surface area contributed by atoms with E-state index in [1.165, 1.54) is 0 Å². The van der Waals surface area contributed by atoms with Gasteiger partial charge in [-0.05, 0) is 42.9 Å². The van der Waals surface area contributed by atoms with Crippen LogP contribution in [-0.4, -0.2) is 30.3 Å². The van der Waals surface area contributed by atoms with Crippen LogP contribution in [-0.2, 0) is 11.2 Å². The molecule has 2 atom stereocenters. The molecule has 2 aliphatic rings. The molecule has 3 rings (SSSR count). The first kappa shape index (κ1) is 12.6. The summed E-state index contributed by atoms with van der Waals surface area (Å²) in [6.45, 7) is 1.41. The quantitative estimate of drug-likeness (QED) is 0.849. The van der Waals surface area contributed by atoms with Crippen molar-refractivity contribution < 1.29 is 14.6 Å². The maximum atomic E-state index is 11.8. The van der Waals surface area contributed by atoms with Crippen molar-refractivity contribution in [1.29, 1.82) is 0 Å². The molecule has 2 unspecified atom stereocenters. The topological polar surface area (TPSA) is 58.6 Å². The van der Waals surface area contributed by atoms with Crippen LogP contribution in [0.15, 0.2) is 18.2 Å². The highest BCUT2D eigenvalue weighted by Gasteiger charge is 2.26. The normalized spacial score (nSPS) is 24.5. The molecule has 19 heavy (non-hydrogen) atoms. The molecule has 1 fully saturated rings. The SMILES string of the molecule is O=C1NCCc2ccc(C(O)C3CCCCO3)cc21. The number of carbonyl (C=O) groups excluding carboxylic acids is 1. The van der Waals surface area contributed by atoms with E-state index in [4.69, 9.17) is 4.74 Å². The third-order valence-corrected chi connectivity index (χ3v) is 3.97. The van der Waals surface area contributed by atoms with Gasteiger partial charge in [0.05, 0.1) is 6.10 Å². The molecule has 2 heterocycles. The lowest BCUT2D eigenvalue weighted by Gasteiger charge is -2.28. The fourth-order valence-corrected chi connectivity index (χ4v) is 2.84. The van der Waals surface area contributed by atoms with Gasteiger partial charge in [-0.3, -0.25) is 4.79 Å². The average molecular weight is 261 g/mol. The van der Waals surface area contributed by atoms with Crippen molar-refractivity contribution in [3.8, 4) is 0 Å². The van der Waals surface area contributed by atoms with Crippen molar-refractivity contribution in [2.45, 2.75) is 37.9 Å². The number of hydrogen-bond donors (Lipinski definition) is 2. The standard InChI is InChI=1S/C15H19NO3/c17-14(13-3-1-2-8-19-13)11-5-4-10-6-7-16-15(18)12(10)9-11/h4-5,9,13-14,17H,1-3,6-8H2,(H,16,18). The van der Waals surface area contributed by atoms with Gasteiger partial charge in [0.15, 0.2) is 0 Å². The van der Waals surface area contributed by atoms with Crippen molar-refractivity contribution in [3.63, 3.8) is 0 Å². The van der Waals surface area contributed by atoms with E-state index in [0.29, 0.717) is 18.7 Å². The molecular formula is C15H19NO3. The molecule has 0 saturated carbocycles. The van der Waals surface area contributed by atoms with Crippen LogP contribution in [0.4, 0.5) is 0 Å². The van der Waals surface area contributed by atoms with Crippen LogP contribution >= 0.6 is 0 Å². The summed E-state index contributed by atoms with van der Waals surface area (Å²) in [5.74, 6) is -0.0418. The molecule has 2 aliphatic heterocycles. The van der Waals surface area contributed by atoms with E-state index in [2.05, 4.69) is 5.32 Å². The predicted molar refractivity (Wildman–Crippen MR) is 71.0 cm³/mol. The lowest BCUT2D eigenvalue weighted by molar-refractivity contribution is -0.0633. The van der Waals surface area contributed by atoms with Crippen LogP contribution in [0, 0.1) is 0 Å². The molecule has 0 bridgehead atoms. The van der Waals surface area contributed by atoms with Gasteiger partial charge < -0.3 is 15.2 Å². The summed E-state index contributed by atoms with van der Waals surface area (Å²) in [6.07, 6.45) is 3.11. The molecule has 0 aliphatic carbocycles. The highest BCUT2D eigenvalue weighted by atomic mass is 16.5. The number of benzene rings is 1. The fraction of sp³-hybridized carbons (Fsp3) is 0.533. The zero-order chi connectivity index (χ0) is 13.2. The van der Waals surface area contributed by atoms with E-state index in [0.717, 1.165) is 36.8 Å². The highest BCUT2D eigenvalue weighted by Crippen LogP contribution is 2.28. The minimum atomic E-state index is -0.639. The summed E-state index contributed by atoms with van der Waals surface area (Å²) in [6, 6.07) is 5.68. The number of ether oxygens (including phenoxy) is 1. The molecular weight excluding hydrogens is 242 g/mol. The second-order valence-corrected chi connectivity index (χ2v) is 5.27. The zero-order valence-electron chi connectivity index (χ0n) is 10.9. The van der Waals surface area contributed by atoms with Gasteiger partial charge in [0.2, 0.25) is 0 Å². The summed E-state index contributed by atoms with van der Waals surface area (Å²) < 4.78 is 5.61. The van der Waals surface area contributed by atoms with Crippen molar-refractivity contribution in [1.82, 2.24) is 5.32 Å². The summed E-state index contributed by atoms with van der Waals surface area (Å²) >= 11 is 0. The first-order chi connectivity index (χ1) is 9.25. The Bertz CT molecular complexity index is 480. The molecule has 2 N–H and O–H groups in total. The second-order valence-electron chi connectivity index (χ2n) is 5.27. The van der Waals surface area contributed by atoms with E-state index < -0.39 is 6.10 Å². The Balaban J connectivity index is 1.84. The summed E-state index contributed by atoms with van der Waals surface area (Å²) in [5, 5.41) is 13.2. The van der Waals surface area contributed by atoms with Gasteiger partial charge in [-0.15, -0.1) is 0 Å². The minimum Gasteiger partial charge on any atom is -0.386 e. The maximum absolute atomic E-state index is 11.8. The van der Waals surface area contributed by atoms with Crippen molar-refractivity contribution in [2.75, 3.05) is 13.2 Å². The van der Waals surface area contributed by atoms with E-state index in [9.17, 15) is 9.90 Å². The number of hydrogen-bond acceptors (Lipinski definition) is 3. The number of aliphatic hydroxyl groups excluding tert-OH is 1. The van der Waals surface area contributed by atoms with E-state index >= 15 is 0 Å². The number of carbonyl (C=O) groups is 1. The Kier molecular flexibility index (Phi) is 3.53. The minimum absolute atomic E-state index is 0.0418. The third kappa shape index (κ3) is 2.51. The molecule has 1 aromatic rings. The van der Waals surface area contributed by atoms with Crippen LogP contribution in [0.1, 0.15) is 46.9 Å². The van der Waals surface area contributed by atoms with Crippen molar-refractivity contribution >= 4 is 5.91 Å². The Morgan fingerprint density at radius 2 is 2.26 bits per heavy atom. The number of aliphatic hydroxyl groups is 1. The van der Waals surface area contributed by atoms with Gasteiger partial charge in [0, 0.05) is 18.7 Å². The van der Waals surface area contributed by atoms with Crippen LogP contribution in [0.2, 0.25) is 0 Å². The molecule has 102 valence electrons. The largest absolute Gasteiger partial charge is 0.386 e. The van der Waals surface area contributed by atoms with Crippen molar-refractivity contribution in [3.05, 3.63) is 34.9 Å². The van der Waals surface area contributed by atoms with Crippen molar-refractivity contribution in [2.24, 2.45) is 0 Å². The molecule has 1 aromatic carbocycles. The van der Waals surface area contributed by atoms with Gasteiger partial charge in [-0.1, -0.05) is 12.1 Å². The predicted octanol–water partition coefficient (Wildman–Crippen LogP) is 1.57. The molecule has 1 amide bonds. The second kappa shape index (κ2) is 5.31. The lowest BCUT2D eigenvalue weighted by atomic mass is 9.93. The molecule has 0 spiro atoms. The van der Waals surface area contributed by atoms with Crippen LogP contribution in [0.5, 0.6) is 0 Å². The number of fused-ring (bicyclic) bond motifs is 1.